The number of carbonyl (C=O) groups is 1. The van der Waals surface area contributed by atoms with Crippen LogP contribution in [0, 0.1) is 11.8 Å². The zero-order valence-corrected chi connectivity index (χ0v) is 10.9. The van der Waals surface area contributed by atoms with Gasteiger partial charge in [0.2, 0.25) is 5.91 Å². The van der Waals surface area contributed by atoms with Crippen LogP contribution in [0.1, 0.15) is 34.6 Å². The molecule has 1 unspecified atom stereocenters. The van der Waals surface area contributed by atoms with Crippen molar-refractivity contribution in [2.45, 2.75) is 34.6 Å². The summed E-state index contributed by atoms with van der Waals surface area (Å²) in [6.07, 6.45) is 1.86. The normalized spacial score (nSPS) is 14.5. The molecule has 0 fully saturated rings. The van der Waals surface area contributed by atoms with Crippen molar-refractivity contribution in [3.05, 3.63) is 11.8 Å². The van der Waals surface area contributed by atoms with Crippen LogP contribution >= 0.6 is 0 Å². The molecule has 0 aliphatic rings. The molecule has 1 N–H and O–H groups in total. The first-order valence-corrected chi connectivity index (χ1v) is 5.83. The maximum Gasteiger partial charge on any atom is 0.223 e. The van der Waals surface area contributed by atoms with Gasteiger partial charge in [-0.25, -0.2) is 0 Å². The molecule has 0 rings (SSSR count). The van der Waals surface area contributed by atoms with Gasteiger partial charge in [-0.05, 0) is 19.8 Å². The van der Waals surface area contributed by atoms with Gasteiger partial charge in [-0.2, -0.15) is 10.2 Å². The Kier molecular flexibility index (Phi) is 7.42. The lowest BCUT2D eigenvalue weighted by Gasteiger charge is -2.15. The van der Waals surface area contributed by atoms with Crippen molar-refractivity contribution in [2.75, 3.05) is 13.1 Å². The molecule has 0 aromatic carbocycles. The highest BCUT2D eigenvalue weighted by Gasteiger charge is 2.15. The molecule has 4 heteroatoms. The molecule has 0 aromatic rings. The first kappa shape index (κ1) is 14.8. The predicted molar refractivity (Wildman–Crippen MR) is 66.2 cm³/mol. The number of amides is 1. The van der Waals surface area contributed by atoms with Gasteiger partial charge in [-0.15, -0.1) is 0 Å². The van der Waals surface area contributed by atoms with Crippen molar-refractivity contribution in [3.63, 3.8) is 0 Å². The van der Waals surface area contributed by atoms with Crippen LogP contribution < -0.4 is 5.32 Å². The maximum atomic E-state index is 11.7. The molecular formula is C12H23N3O. The molecule has 92 valence electrons. The molecule has 0 saturated heterocycles. The van der Waals surface area contributed by atoms with E-state index in [4.69, 9.17) is 0 Å². The monoisotopic (exact) mass is 225 g/mol. The molecule has 0 spiro atoms. The van der Waals surface area contributed by atoms with Crippen molar-refractivity contribution in [2.24, 2.45) is 22.1 Å². The number of nitrogens with one attached hydrogen (secondary N) is 1. The van der Waals surface area contributed by atoms with Crippen molar-refractivity contribution >= 4 is 5.91 Å². The summed E-state index contributed by atoms with van der Waals surface area (Å²) >= 11 is 0. The molecule has 1 amide bonds. The second kappa shape index (κ2) is 8.02. The number of allylic oxidation sites excluding steroid dienone is 1. The summed E-state index contributed by atoms with van der Waals surface area (Å²) in [6.45, 7) is 10.9. The third-order valence-electron chi connectivity index (χ3n) is 2.53. The van der Waals surface area contributed by atoms with E-state index in [1.54, 1.807) is 0 Å². The molecule has 0 aromatic heterocycles. The summed E-state index contributed by atoms with van der Waals surface area (Å²) in [7, 11) is 0. The minimum atomic E-state index is 0.0289. The first-order chi connectivity index (χ1) is 7.52. The highest BCUT2D eigenvalue weighted by molar-refractivity contribution is 5.78. The van der Waals surface area contributed by atoms with Crippen molar-refractivity contribution in [1.29, 1.82) is 0 Å². The van der Waals surface area contributed by atoms with Gasteiger partial charge in [0.05, 0.1) is 18.8 Å². The Morgan fingerprint density at radius 2 is 2.00 bits per heavy atom. The van der Waals surface area contributed by atoms with Crippen molar-refractivity contribution in [1.82, 2.24) is 5.32 Å². The average molecular weight is 225 g/mol. The highest BCUT2D eigenvalue weighted by atomic mass is 16.1. The Hall–Kier alpha value is -1.19. The van der Waals surface area contributed by atoms with Crippen LogP contribution in [0.4, 0.5) is 0 Å². The predicted octanol–water partition coefficient (Wildman–Crippen LogP) is 2.77. The quantitative estimate of drug-likeness (QED) is 0.694. The van der Waals surface area contributed by atoms with E-state index in [1.807, 2.05) is 40.7 Å². The molecule has 0 bridgehead atoms. The Balaban J connectivity index is 4.13. The van der Waals surface area contributed by atoms with E-state index < -0.39 is 0 Å². The summed E-state index contributed by atoms with van der Waals surface area (Å²) in [5, 5.41) is 10.8. The fourth-order valence-electron chi connectivity index (χ4n) is 0.998. The topological polar surface area (TPSA) is 53.8 Å². The van der Waals surface area contributed by atoms with E-state index in [-0.39, 0.29) is 11.8 Å². The Morgan fingerprint density at radius 3 is 2.44 bits per heavy atom. The van der Waals surface area contributed by atoms with Crippen molar-refractivity contribution < 1.29 is 4.79 Å². The fraction of sp³-hybridized carbons (Fsp3) is 0.750. The largest absolute Gasteiger partial charge is 0.350 e. The van der Waals surface area contributed by atoms with Gasteiger partial charge < -0.3 is 5.32 Å². The number of hydrogen-bond donors (Lipinski definition) is 1. The molecule has 1 atom stereocenters. The van der Waals surface area contributed by atoms with Gasteiger partial charge in [0.25, 0.3) is 0 Å². The molecule has 0 heterocycles. The summed E-state index contributed by atoms with van der Waals surface area (Å²) in [5.41, 5.74) is 0.797. The standard InChI is InChI=1S/C12H23N3O/c1-6-11(15-14-7-2)8-13-12(16)10(5)9(3)4/h6,9-10H,7-8H2,1-5H3,(H,13,16)/b11-6-,15-14?. The van der Waals surface area contributed by atoms with E-state index in [0.29, 0.717) is 19.0 Å². The maximum absolute atomic E-state index is 11.7. The summed E-state index contributed by atoms with van der Waals surface area (Å²) in [5.74, 6) is 0.452. The van der Waals surface area contributed by atoms with Gasteiger partial charge in [0, 0.05) is 5.92 Å². The van der Waals surface area contributed by atoms with E-state index >= 15 is 0 Å². The lowest BCUT2D eigenvalue weighted by Crippen LogP contribution is -2.32. The Labute approximate surface area is 98.2 Å². The number of nitrogens with zero attached hydrogens (tertiary/aromatic N) is 2. The average Bonchev–Trinajstić information content (AvgIpc) is 2.27. The molecule has 4 nitrogen and oxygen atoms in total. The molecule has 0 aliphatic carbocycles. The number of azo groups is 1. The molecular weight excluding hydrogens is 202 g/mol. The molecule has 0 radical (unpaired) electrons. The van der Waals surface area contributed by atoms with E-state index in [2.05, 4.69) is 15.5 Å². The van der Waals surface area contributed by atoms with Gasteiger partial charge in [-0.3, -0.25) is 4.79 Å². The van der Waals surface area contributed by atoms with Gasteiger partial charge in [0.15, 0.2) is 0 Å². The zero-order valence-electron chi connectivity index (χ0n) is 10.9. The lowest BCUT2D eigenvalue weighted by molar-refractivity contribution is -0.125. The van der Waals surface area contributed by atoms with Crippen LogP contribution in [-0.4, -0.2) is 19.0 Å². The third kappa shape index (κ3) is 5.63. The summed E-state index contributed by atoms with van der Waals surface area (Å²) in [6, 6.07) is 0. The second-order valence-corrected chi connectivity index (χ2v) is 4.09. The zero-order chi connectivity index (χ0) is 12.6. The van der Waals surface area contributed by atoms with Crippen LogP contribution in [-0.2, 0) is 4.79 Å². The number of hydrogen-bond acceptors (Lipinski definition) is 3. The molecule has 16 heavy (non-hydrogen) atoms. The Bertz CT molecular complexity index is 269. The highest BCUT2D eigenvalue weighted by Crippen LogP contribution is 2.09. The third-order valence-corrected chi connectivity index (χ3v) is 2.53. The van der Waals surface area contributed by atoms with Crippen molar-refractivity contribution in [3.8, 4) is 0 Å². The van der Waals surface area contributed by atoms with Crippen LogP contribution in [0.5, 0.6) is 0 Å². The summed E-state index contributed by atoms with van der Waals surface area (Å²) < 4.78 is 0. The van der Waals surface area contributed by atoms with E-state index in [0.717, 1.165) is 5.70 Å². The van der Waals surface area contributed by atoms with Crippen LogP contribution in [0.3, 0.4) is 0 Å². The SMILES string of the molecule is C/C=C(/CNC(=O)C(C)C(C)C)N=NCC. The molecule has 0 aliphatic heterocycles. The van der Waals surface area contributed by atoms with E-state index in [1.165, 1.54) is 0 Å². The minimum absolute atomic E-state index is 0.0289. The van der Waals surface area contributed by atoms with Crippen LogP contribution in [0.2, 0.25) is 0 Å². The fourth-order valence-corrected chi connectivity index (χ4v) is 0.998. The first-order valence-electron chi connectivity index (χ1n) is 5.83. The van der Waals surface area contributed by atoms with E-state index in [9.17, 15) is 4.79 Å². The lowest BCUT2D eigenvalue weighted by atomic mass is 9.97. The Morgan fingerprint density at radius 1 is 1.38 bits per heavy atom. The second-order valence-electron chi connectivity index (χ2n) is 4.09. The summed E-state index contributed by atoms with van der Waals surface area (Å²) in [4.78, 5) is 11.7. The molecule has 0 saturated carbocycles. The number of carbonyl (C=O) groups excluding carboxylic acids is 1. The number of rotatable bonds is 6. The van der Waals surface area contributed by atoms with Gasteiger partial charge in [-0.1, -0.05) is 26.8 Å². The van der Waals surface area contributed by atoms with Gasteiger partial charge >= 0.3 is 0 Å². The smallest absolute Gasteiger partial charge is 0.223 e. The van der Waals surface area contributed by atoms with Crippen LogP contribution in [0.15, 0.2) is 22.0 Å². The minimum Gasteiger partial charge on any atom is -0.350 e. The van der Waals surface area contributed by atoms with Gasteiger partial charge in [0.1, 0.15) is 0 Å². The van der Waals surface area contributed by atoms with Crippen LogP contribution in [0.25, 0.3) is 0 Å².